The molecule has 1 aromatic rings. The highest BCUT2D eigenvalue weighted by Gasteiger charge is 2.37. The van der Waals surface area contributed by atoms with Gasteiger partial charge in [-0.2, -0.15) is 0 Å². The maximum Gasteiger partial charge on any atom is 0.336 e. The first-order valence-corrected chi connectivity index (χ1v) is 8.45. The second-order valence-corrected chi connectivity index (χ2v) is 6.28. The van der Waals surface area contributed by atoms with Crippen molar-refractivity contribution in [2.45, 2.75) is 31.5 Å². The van der Waals surface area contributed by atoms with Gasteiger partial charge in [-0.3, -0.25) is 9.69 Å². The van der Waals surface area contributed by atoms with E-state index in [1.807, 2.05) is 18.2 Å². The summed E-state index contributed by atoms with van der Waals surface area (Å²) in [5.74, 6) is -0.319. The third-order valence-corrected chi connectivity index (χ3v) is 4.72. The van der Waals surface area contributed by atoms with Gasteiger partial charge in [-0.25, -0.2) is 4.79 Å². The molecule has 2 heterocycles. The summed E-state index contributed by atoms with van der Waals surface area (Å²) in [6.07, 6.45) is 1.22. The van der Waals surface area contributed by atoms with Crippen molar-refractivity contribution in [3.63, 3.8) is 0 Å². The minimum absolute atomic E-state index is 0.0978. The third-order valence-electron chi connectivity index (χ3n) is 4.72. The first kappa shape index (κ1) is 16.9. The number of hydrogen-bond acceptors (Lipinski definition) is 5. The van der Waals surface area contributed by atoms with Gasteiger partial charge in [-0.1, -0.05) is 30.3 Å². The zero-order chi connectivity index (χ0) is 16.9. The van der Waals surface area contributed by atoms with Crippen LogP contribution in [0.25, 0.3) is 0 Å². The number of amides is 1. The summed E-state index contributed by atoms with van der Waals surface area (Å²) in [6.45, 7) is 2.89. The van der Waals surface area contributed by atoms with Crippen LogP contribution in [-0.4, -0.2) is 67.2 Å². The van der Waals surface area contributed by atoms with Gasteiger partial charge in [0.25, 0.3) is 0 Å². The first-order valence-electron chi connectivity index (χ1n) is 8.45. The number of likely N-dealkylation sites (tertiary alicyclic amines) is 1. The SMILES string of the molecule is COC(=O)[C@H]1CN(C(=O)[C@H]2CCCN2Cc2ccccc2)CCO1. The van der Waals surface area contributed by atoms with Crippen molar-refractivity contribution >= 4 is 11.9 Å². The van der Waals surface area contributed by atoms with Crippen LogP contribution in [0.5, 0.6) is 0 Å². The highest BCUT2D eigenvalue weighted by Crippen LogP contribution is 2.23. The Morgan fingerprint density at radius 2 is 2.04 bits per heavy atom. The fraction of sp³-hybridized carbons (Fsp3) is 0.556. The summed E-state index contributed by atoms with van der Waals surface area (Å²) in [6, 6.07) is 10.1. The van der Waals surface area contributed by atoms with Crippen LogP contribution in [0.4, 0.5) is 0 Å². The van der Waals surface area contributed by atoms with E-state index in [1.54, 1.807) is 4.90 Å². The van der Waals surface area contributed by atoms with Crippen LogP contribution in [0, 0.1) is 0 Å². The number of ether oxygens (including phenoxy) is 2. The third kappa shape index (κ3) is 3.76. The number of nitrogens with zero attached hydrogens (tertiary/aromatic N) is 2. The number of methoxy groups -OCH3 is 1. The van der Waals surface area contributed by atoms with Gasteiger partial charge < -0.3 is 14.4 Å². The maximum atomic E-state index is 12.9. The molecule has 24 heavy (non-hydrogen) atoms. The summed E-state index contributed by atoms with van der Waals surface area (Å²) in [5, 5.41) is 0. The minimum Gasteiger partial charge on any atom is -0.467 e. The van der Waals surface area contributed by atoms with Crippen molar-refractivity contribution in [2.75, 3.05) is 33.4 Å². The molecule has 1 aromatic carbocycles. The number of carbonyl (C=O) groups is 2. The minimum atomic E-state index is -0.670. The molecule has 0 N–H and O–H groups in total. The number of benzene rings is 1. The first-order chi connectivity index (χ1) is 11.7. The van der Waals surface area contributed by atoms with Crippen LogP contribution in [0.3, 0.4) is 0 Å². The van der Waals surface area contributed by atoms with E-state index in [2.05, 4.69) is 17.0 Å². The fourth-order valence-electron chi connectivity index (χ4n) is 3.45. The molecule has 2 fully saturated rings. The van der Waals surface area contributed by atoms with Gasteiger partial charge in [-0.15, -0.1) is 0 Å². The number of esters is 1. The molecule has 0 radical (unpaired) electrons. The molecule has 1 amide bonds. The van der Waals surface area contributed by atoms with Crippen molar-refractivity contribution in [1.29, 1.82) is 0 Å². The van der Waals surface area contributed by atoms with Crippen molar-refractivity contribution in [3.05, 3.63) is 35.9 Å². The summed E-state index contributed by atoms with van der Waals surface area (Å²) in [4.78, 5) is 28.6. The molecule has 2 aliphatic rings. The zero-order valence-electron chi connectivity index (χ0n) is 14.0. The monoisotopic (exact) mass is 332 g/mol. The van der Waals surface area contributed by atoms with Gasteiger partial charge in [0, 0.05) is 13.1 Å². The number of carbonyl (C=O) groups excluding carboxylic acids is 2. The van der Waals surface area contributed by atoms with Gasteiger partial charge in [-0.05, 0) is 24.9 Å². The molecule has 0 bridgehead atoms. The Kier molecular flexibility index (Phi) is 5.48. The molecule has 0 unspecified atom stereocenters. The van der Waals surface area contributed by atoms with Crippen LogP contribution in [-0.2, 0) is 25.6 Å². The largest absolute Gasteiger partial charge is 0.467 e. The molecule has 2 atom stereocenters. The topological polar surface area (TPSA) is 59.1 Å². The van der Waals surface area contributed by atoms with Crippen LogP contribution in [0.15, 0.2) is 30.3 Å². The number of rotatable bonds is 4. The molecule has 0 aromatic heterocycles. The molecule has 2 saturated heterocycles. The van der Waals surface area contributed by atoms with Crippen LogP contribution in [0.2, 0.25) is 0 Å². The highest BCUT2D eigenvalue weighted by molar-refractivity contribution is 5.83. The van der Waals surface area contributed by atoms with Gasteiger partial charge in [0.2, 0.25) is 5.91 Å². The van der Waals surface area contributed by atoms with Crippen molar-refractivity contribution in [2.24, 2.45) is 0 Å². The molecule has 130 valence electrons. The van der Waals surface area contributed by atoms with Crippen molar-refractivity contribution < 1.29 is 19.1 Å². The molecule has 0 aliphatic carbocycles. The van der Waals surface area contributed by atoms with E-state index < -0.39 is 12.1 Å². The van der Waals surface area contributed by atoms with Gasteiger partial charge in [0.1, 0.15) is 0 Å². The average molecular weight is 332 g/mol. The van der Waals surface area contributed by atoms with E-state index >= 15 is 0 Å². The van der Waals surface area contributed by atoms with E-state index in [4.69, 9.17) is 9.47 Å². The van der Waals surface area contributed by atoms with Crippen LogP contribution >= 0.6 is 0 Å². The Bertz CT molecular complexity index is 578. The molecule has 0 saturated carbocycles. The second kappa shape index (κ2) is 7.77. The summed E-state index contributed by atoms with van der Waals surface area (Å²) < 4.78 is 10.1. The highest BCUT2D eigenvalue weighted by atomic mass is 16.6. The Morgan fingerprint density at radius 3 is 2.79 bits per heavy atom. The maximum absolute atomic E-state index is 12.9. The molecule has 6 heteroatoms. The van der Waals surface area contributed by atoms with Crippen molar-refractivity contribution in [3.8, 4) is 0 Å². The normalized spacial score (nSPS) is 24.8. The van der Waals surface area contributed by atoms with E-state index in [-0.39, 0.29) is 18.5 Å². The number of morpholine rings is 1. The van der Waals surface area contributed by atoms with E-state index in [9.17, 15) is 9.59 Å². The predicted octanol–water partition coefficient (Wildman–Crippen LogP) is 1.05. The van der Waals surface area contributed by atoms with E-state index in [0.29, 0.717) is 13.2 Å². The standard InChI is InChI=1S/C18H24N2O4/c1-23-18(22)16-13-20(10-11-24-16)17(21)15-8-5-9-19(15)12-14-6-3-2-4-7-14/h2-4,6-7,15-16H,5,8-13H2,1H3/t15-,16-/m1/s1. The lowest BCUT2D eigenvalue weighted by Gasteiger charge is -2.35. The lowest BCUT2D eigenvalue weighted by molar-refractivity contribution is -0.163. The quantitative estimate of drug-likeness (QED) is 0.772. The van der Waals surface area contributed by atoms with Gasteiger partial charge >= 0.3 is 5.97 Å². The summed E-state index contributed by atoms with van der Waals surface area (Å²) in [7, 11) is 1.34. The Labute approximate surface area is 142 Å². The van der Waals surface area contributed by atoms with Gasteiger partial charge in [0.15, 0.2) is 6.10 Å². The second-order valence-electron chi connectivity index (χ2n) is 6.28. The molecule has 0 spiro atoms. The smallest absolute Gasteiger partial charge is 0.336 e. The van der Waals surface area contributed by atoms with Crippen LogP contribution < -0.4 is 0 Å². The Hall–Kier alpha value is -1.92. The van der Waals surface area contributed by atoms with Crippen molar-refractivity contribution in [1.82, 2.24) is 9.80 Å². The lowest BCUT2D eigenvalue weighted by Crippen LogP contribution is -2.53. The molecule has 3 rings (SSSR count). The lowest BCUT2D eigenvalue weighted by atomic mass is 10.1. The number of hydrogen-bond donors (Lipinski definition) is 0. The molecule has 6 nitrogen and oxygen atoms in total. The Balaban J connectivity index is 1.63. The molecular formula is C18H24N2O4. The summed E-state index contributed by atoms with van der Waals surface area (Å²) >= 11 is 0. The van der Waals surface area contributed by atoms with E-state index in [0.717, 1.165) is 25.9 Å². The van der Waals surface area contributed by atoms with E-state index in [1.165, 1.54) is 12.7 Å². The fourth-order valence-corrected chi connectivity index (χ4v) is 3.45. The predicted molar refractivity (Wildman–Crippen MR) is 88.2 cm³/mol. The average Bonchev–Trinajstić information content (AvgIpc) is 3.09. The molecule has 2 aliphatic heterocycles. The summed E-state index contributed by atoms with van der Waals surface area (Å²) in [5.41, 5.74) is 1.21. The van der Waals surface area contributed by atoms with Gasteiger partial charge in [0.05, 0.1) is 26.3 Å². The molecular weight excluding hydrogens is 308 g/mol. The zero-order valence-corrected chi connectivity index (χ0v) is 14.0. The Morgan fingerprint density at radius 1 is 1.25 bits per heavy atom. The van der Waals surface area contributed by atoms with Crippen LogP contribution in [0.1, 0.15) is 18.4 Å².